The Morgan fingerprint density at radius 2 is 1.84 bits per heavy atom. The van der Waals surface area contributed by atoms with Gasteiger partial charge in [0.25, 0.3) is 5.19 Å². The van der Waals surface area contributed by atoms with Crippen LogP contribution in [0, 0.1) is 6.92 Å². The molecule has 1 aliphatic rings. The molecule has 1 saturated carbocycles. The Bertz CT molecular complexity index is 1310. The molecule has 0 bridgehead atoms. The van der Waals surface area contributed by atoms with E-state index < -0.39 is 8.32 Å². The standard InChI is InChI=1S/C27H35ClN4O4SSi/c1-16-10-19(20-12-24(28)30-15-23(20)34-5)21(14-29-16)22(33)13-25-31-32-26(37-25)35-17-8-9-18(11-17)36-38(6,7)27(2,3)4/h10,12,14-15,17-18H,8-9,11,13H2,1-7H3. The quantitative estimate of drug-likeness (QED) is 0.158. The van der Waals surface area contributed by atoms with Crippen LogP contribution in [0.4, 0.5) is 0 Å². The fourth-order valence-electron chi connectivity index (χ4n) is 4.24. The first-order valence-electron chi connectivity index (χ1n) is 12.7. The van der Waals surface area contributed by atoms with Gasteiger partial charge in [-0.1, -0.05) is 43.7 Å². The molecule has 0 aromatic carbocycles. The number of ether oxygens (including phenoxy) is 2. The SMILES string of the molecule is COc1cnc(Cl)cc1-c1cc(C)ncc1C(=O)Cc1nnc(OC2CCC(O[Si](C)(C)C(C)(C)C)C2)s1. The van der Waals surface area contributed by atoms with E-state index in [1.54, 1.807) is 25.6 Å². The van der Waals surface area contributed by atoms with Gasteiger partial charge in [-0.3, -0.25) is 9.78 Å². The van der Waals surface area contributed by atoms with Gasteiger partial charge in [-0.05, 0) is 55.6 Å². The van der Waals surface area contributed by atoms with Crippen molar-refractivity contribution in [3.05, 3.63) is 45.9 Å². The van der Waals surface area contributed by atoms with Gasteiger partial charge in [-0.15, -0.1) is 10.2 Å². The Morgan fingerprint density at radius 3 is 2.55 bits per heavy atom. The summed E-state index contributed by atoms with van der Waals surface area (Å²) in [5.74, 6) is 0.391. The summed E-state index contributed by atoms with van der Waals surface area (Å²) in [6.45, 7) is 13.2. The van der Waals surface area contributed by atoms with E-state index in [9.17, 15) is 4.79 Å². The Morgan fingerprint density at radius 1 is 1.11 bits per heavy atom. The molecular weight excluding hydrogens is 540 g/mol. The normalized spacial score (nSPS) is 18.0. The first-order chi connectivity index (χ1) is 17.9. The van der Waals surface area contributed by atoms with Gasteiger partial charge in [0.15, 0.2) is 14.1 Å². The molecule has 1 aliphatic carbocycles. The van der Waals surface area contributed by atoms with Crippen LogP contribution in [0.15, 0.2) is 24.5 Å². The minimum absolute atomic E-state index is 0.0399. The second kappa shape index (κ2) is 11.4. The van der Waals surface area contributed by atoms with Crippen LogP contribution >= 0.6 is 22.9 Å². The molecule has 0 aliphatic heterocycles. The van der Waals surface area contributed by atoms with Crippen molar-refractivity contribution in [2.24, 2.45) is 0 Å². The number of aromatic nitrogens is 4. The van der Waals surface area contributed by atoms with Crippen LogP contribution in [-0.4, -0.2) is 53.6 Å². The fourth-order valence-corrected chi connectivity index (χ4v) is 6.55. The van der Waals surface area contributed by atoms with Crippen molar-refractivity contribution in [2.45, 2.75) is 83.7 Å². The van der Waals surface area contributed by atoms with Crippen LogP contribution < -0.4 is 9.47 Å². The molecule has 3 heterocycles. The van der Waals surface area contributed by atoms with E-state index in [1.165, 1.54) is 11.3 Å². The molecule has 0 N–H and O–H groups in total. The summed E-state index contributed by atoms with van der Waals surface area (Å²) < 4.78 is 18.2. The highest BCUT2D eigenvalue weighted by atomic mass is 35.5. The maximum Gasteiger partial charge on any atom is 0.294 e. The van der Waals surface area contributed by atoms with Gasteiger partial charge in [0, 0.05) is 35.5 Å². The molecule has 204 valence electrons. The molecule has 3 aromatic heterocycles. The number of methoxy groups -OCH3 is 1. The van der Waals surface area contributed by atoms with E-state index in [1.807, 2.05) is 13.0 Å². The van der Waals surface area contributed by atoms with Crippen molar-refractivity contribution >= 4 is 37.0 Å². The number of nitrogens with zero attached hydrogens (tertiary/aromatic N) is 4. The van der Waals surface area contributed by atoms with E-state index in [-0.39, 0.29) is 29.5 Å². The van der Waals surface area contributed by atoms with Crippen LogP contribution in [-0.2, 0) is 10.8 Å². The molecule has 4 rings (SSSR count). The molecule has 8 nitrogen and oxygen atoms in total. The van der Waals surface area contributed by atoms with Crippen LogP contribution in [0.3, 0.4) is 0 Å². The van der Waals surface area contributed by atoms with Crippen LogP contribution in [0.5, 0.6) is 10.9 Å². The number of Topliss-reactive ketones (excluding diaryl/α,β-unsaturated/α-hetero) is 1. The van der Waals surface area contributed by atoms with Crippen molar-refractivity contribution < 1.29 is 18.7 Å². The Labute approximate surface area is 234 Å². The zero-order chi connectivity index (χ0) is 27.7. The lowest BCUT2D eigenvalue weighted by Crippen LogP contribution is -2.43. The van der Waals surface area contributed by atoms with Crippen molar-refractivity contribution in [1.82, 2.24) is 20.2 Å². The highest BCUT2D eigenvalue weighted by Crippen LogP contribution is 2.40. The second-order valence-corrected chi connectivity index (χ2v) is 17.4. The lowest BCUT2D eigenvalue weighted by molar-refractivity contribution is 0.0993. The summed E-state index contributed by atoms with van der Waals surface area (Å²) in [5.41, 5.74) is 2.59. The Balaban J connectivity index is 1.43. The second-order valence-electron chi connectivity index (χ2n) is 11.2. The molecule has 3 aromatic rings. The minimum atomic E-state index is -1.82. The number of pyridine rings is 2. The number of aryl methyl sites for hydroxylation is 1. The first kappa shape index (κ1) is 28.6. The van der Waals surface area contributed by atoms with Gasteiger partial charge in [0.05, 0.1) is 19.7 Å². The summed E-state index contributed by atoms with van der Waals surface area (Å²) in [4.78, 5) is 21.8. The third-order valence-electron chi connectivity index (χ3n) is 7.32. The van der Waals surface area contributed by atoms with Gasteiger partial charge in [-0.2, -0.15) is 0 Å². The third kappa shape index (κ3) is 6.59. The Hall–Kier alpha value is -2.40. The number of rotatable bonds is 9. The summed E-state index contributed by atoms with van der Waals surface area (Å²) in [7, 11) is -0.268. The lowest BCUT2D eigenvalue weighted by atomic mass is 9.97. The van der Waals surface area contributed by atoms with Gasteiger partial charge >= 0.3 is 0 Å². The summed E-state index contributed by atoms with van der Waals surface area (Å²) >= 11 is 7.46. The topological polar surface area (TPSA) is 96.3 Å². The largest absolute Gasteiger partial charge is 0.494 e. The molecule has 38 heavy (non-hydrogen) atoms. The van der Waals surface area contributed by atoms with Crippen LogP contribution in [0.2, 0.25) is 23.3 Å². The first-order valence-corrected chi connectivity index (χ1v) is 16.8. The number of carbonyl (C=O) groups is 1. The highest BCUT2D eigenvalue weighted by Gasteiger charge is 2.41. The smallest absolute Gasteiger partial charge is 0.294 e. The predicted octanol–water partition coefficient (Wildman–Crippen LogP) is 6.71. The van der Waals surface area contributed by atoms with Gasteiger partial charge in [0.1, 0.15) is 22.0 Å². The molecule has 2 atom stereocenters. The fraction of sp³-hybridized carbons (Fsp3) is 0.519. The molecule has 0 radical (unpaired) electrons. The Kier molecular flexibility index (Phi) is 8.56. The molecule has 0 amide bonds. The van der Waals surface area contributed by atoms with E-state index in [0.717, 1.165) is 25.0 Å². The maximum absolute atomic E-state index is 13.4. The third-order valence-corrected chi connectivity index (χ3v) is 12.9. The minimum Gasteiger partial charge on any atom is -0.494 e. The number of carbonyl (C=O) groups excluding carboxylic acids is 1. The van der Waals surface area contributed by atoms with Crippen molar-refractivity contribution in [3.8, 4) is 22.1 Å². The average Bonchev–Trinajstić information content (AvgIpc) is 3.47. The zero-order valence-electron chi connectivity index (χ0n) is 23.0. The molecule has 0 saturated heterocycles. The van der Waals surface area contributed by atoms with Gasteiger partial charge < -0.3 is 13.9 Å². The maximum atomic E-state index is 13.4. The van der Waals surface area contributed by atoms with Crippen LogP contribution in [0.1, 0.15) is 61.1 Å². The number of hydrogen-bond donors (Lipinski definition) is 0. The van der Waals surface area contributed by atoms with Crippen molar-refractivity contribution in [3.63, 3.8) is 0 Å². The summed E-state index contributed by atoms with van der Waals surface area (Å²) in [6, 6.07) is 3.53. The van der Waals surface area contributed by atoms with Crippen molar-refractivity contribution in [1.29, 1.82) is 0 Å². The highest BCUT2D eigenvalue weighted by molar-refractivity contribution is 7.13. The molecule has 2 unspecified atom stereocenters. The van der Waals surface area contributed by atoms with Crippen molar-refractivity contribution in [2.75, 3.05) is 7.11 Å². The predicted molar refractivity (Wildman–Crippen MR) is 152 cm³/mol. The average molecular weight is 575 g/mol. The van der Waals surface area contributed by atoms with Gasteiger partial charge in [0.2, 0.25) is 0 Å². The van der Waals surface area contributed by atoms with Crippen LogP contribution in [0.25, 0.3) is 11.1 Å². The molecule has 11 heteroatoms. The van der Waals surface area contributed by atoms with E-state index in [4.69, 9.17) is 25.5 Å². The molecule has 0 spiro atoms. The molecular formula is C27H35ClN4O4SSi. The lowest BCUT2D eigenvalue weighted by Gasteiger charge is -2.38. The van der Waals surface area contributed by atoms with Gasteiger partial charge in [-0.25, -0.2) is 4.98 Å². The van der Waals surface area contributed by atoms with E-state index in [2.05, 4.69) is 54.0 Å². The monoisotopic (exact) mass is 574 g/mol. The van der Waals surface area contributed by atoms with E-state index >= 15 is 0 Å². The van der Waals surface area contributed by atoms with E-state index in [0.29, 0.717) is 37.8 Å². The molecule has 1 fully saturated rings. The summed E-state index contributed by atoms with van der Waals surface area (Å²) in [6.07, 6.45) is 6.20. The summed E-state index contributed by atoms with van der Waals surface area (Å²) in [5, 5.41) is 9.98. The number of hydrogen-bond acceptors (Lipinski definition) is 9. The zero-order valence-corrected chi connectivity index (χ0v) is 25.6. The number of ketones is 1. The number of halogens is 1.